The first-order valence-corrected chi connectivity index (χ1v) is 3.07. The van der Waals surface area contributed by atoms with Crippen molar-refractivity contribution in [2.75, 3.05) is 5.73 Å². The van der Waals surface area contributed by atoms with E-state index in [0.717, 1.165) is 0 Å². The molecule has 0 aliphatic carbocycles. The van der Waals surface area contributed by atoms with Crippen LogP contribution < -0.4 is 5.73 Å². The molecule has 0 heterocycles. The molecule has 1 aromatic rings. The molecule has 3 nitrogen and oxygen atoms in total. The number of phenols is 2. The Bertz CT molecular complexity index is 277. The predicted octanol–water partition coefficient (Wildman–Crippen LogP) is 1.47. The predicted molar refractivity (Wildman–Crippen MR) is 39.2 cm³/mol. The third-order valence-corrected chi connectivity index (χ3v) is 1.59. The van der Waals surface area contributed by atoms with Gasteiger partial charge in [-0.05, 0) is 0 Å². The van der Waals surface area contributed by atoms with Gasteiger partial charge in [-0.1, -0.05) is 11.6 Å². The summed E-state index contributed by atoms with van der Waals surface area (Å²) in [6.45, 7) is 0. The van der Waals surface area contributed by atoms with Crippen molar-refractivity contribution in [3.05, 3.63) is 16.9 Å². The summed E-state index contributed by atoms with van der Waals surface area (Å²) in [5.41, 5.74) is 4.74. The number of nitrogen functional groups attached to an aromatic ring is 1. The van der Waals surface area contributed by atoms with Gasteiger partial charge in [0.15, 0.2) is 11.5 Å². The highest BCUT2D eigenvalue weighted by Gasteiger charge is 2.12. The van der Waals surface area contributed by atoms with Gasteiger partial charge in [0.25, 0.3) is 0 Å². The Labute approximate surface area is 66.8 Å². The van der Waals surface area contributed by atoms with E-state index in [1.165, 1.54) is 0 Å². The number of rotatable bonds is 0. The number of aromatic hydroxyl groups is 2. The van der Waals surface area contributed by atoms with Crippen molar-refractivity contribution < 1.29 is 14.6 Å². The summed E-state index contributed by atoms with van der Waals surface area (Å²) in [6.07, 6.45) is 0. The molecule has 0 spiro atoms. The highest BCUT2D eigenvalue weighted by molar-refractivity contribution is 6.33. The lowest BCUT2D eigenvalue weighted by Gasteiger charge is -2.03. The van der Waals surface area contributed by atoms with Crippen LogP contribution in [-0.2, 0) is 0 Å². The van der Waals surface area contributed by atoms with E-state index in [4.69, 9.17) is 27.5 Å². The van der Waals surface area contributed by atoms with E-state index in [9.17, 15) is 4.39 Å². The summed E-state index contributed by atoms with van der Waals surface area (Å²) in [4.78, 5) is 0. The van der Waals surface area contributed by atoms with E-state index in [1.807, 2.05) is 0 Å². The van der Waals surface area contributed by atoms with E-state index >= 15 is 0 Å². The van der Waals surface area contributed by atoms with Gasteiger partial charge in [0.05, 0.1) is 5.69 Å². The molecule has 0 bridgehead atoms. The molecule has 0 atom stereocenters. The van der Waals surface area contributed by atoms with E-state index in [2.05, 4.69) is 0 Å². The van der Waals surface area contributed by atoms with Gasteiger partial charge in [-0.3, -0.25) is 0 Å². The minimum absolute atomic E-state index is 0.357. The van der Waals surface area contributed by atoms with Crippen molar-refractivity contribution in [3.8, 4) is 11.5 Å². The number of halogens is 2. The Morgan fingerprint density at radius 3 is 2.55 bits per heavy atom. The maximum Gasteiger partial charge on any atom is 0.182 e. The first-order valence-electron chi connectivity index (χ1n) is 2.69. The third kappa shape index (κ3) is 1.17. The number of anilines is 1. The van der Waals surface area contributed by atoms with Gasteiger partial charge < -0.3 is 15.9 Å². The molecule has 0 aliphatic rings. The van der Waals surface area contributed by atoms with Gasteiger partial charge in [-0.2, -0.15) is 0 Å². The van der Waals surface area contributed by atoms with Crippen LogP contribution in [0, 0.1) is 5.82 Å². The Balaban J connectivity index is 3.46. The molecule has 4 N–H and O–H groups in total. The first-order chi connectivity index (χ1) is 5.04. The van der Waals surface area contributed by atoms with Crippen molar-refractivity contribution in [3.63, 3.8) is 0 Å². The Morgan fingerprint density at radius 2 is 2.00 bits per heavy atom. The van der Waals surface area contributed by atoms with Crippen LogP contribution in [0.5, 0.6) is 11.5 Å². The number of nitrogens with two attached hydrogens (primary N) is 1. The van der Waals surface area contributed by atoms with Crippen LogP contribution in [0.4, 0.5) is 10.1 Å². The summed E-state index contributed by atoms with van der Waals surface area (Å²) >= 11 is 5.28. The van der Waals surface area contributed by atoms with Crippen LogP contribution in [0.25, 0.3) is 0 Å². The fourth-order valence-corrected chi connectivity index (χ4v) is 0.766. The van der Waals surface area contributed by atoms with E-state index < -0.39 is 17.3 Å². The van der Waals surface area contributed by atoms with Crippen LogP contribution in [0.15, 0.2) is 6.07 Å². The van der Waals surface area contributed by atoms with E-state index in [1.54, 1.807) is 0 Å². The molecule has 0 aromatic heterocycles. The van der Waals surface area contributed by atoms with Crippen LogP contribution in [-0.4, -0.2) is 10.2 Å². The molecule has 0 fully saturated rings. The van der Waals surface area contributed by atoms with Gasteiger partial charge in [0.2, 0.25) is 0 Å². The monoisotopic (exact) mass is 177 g/mol. The lowest BCUT2D eigenvalue weighted by Crippen LogP contribution is -1.90. The highest BCUT2D eigenvalue weighted by atomic mass is 35.5. The summed E-state index contributed by atoms with van der Waals surface area (Å²) in [7, 11) is 0. The van der Waals surface area contributed by atoms with Gasteiger partial charge >= 0.3 is 0 Å². The normalized spacial score (nSPS) is 10.0. The standard InChI is InChI=1S/C6H5ClFNO2/c7-4-2(8)1-3(10)6(11)5(4)9/h1,10-11H,9H2. The lowest BCUT2D eigenvalue weighted by molar-refractivity contribution is 0.402. The molecule has 0 saturated heterocycles. The molecule has 1 rings (SSSR count). The van der Waals surface area contributed by atoms with Crippen LogP contribution >= 0.6 is 11.6 Å². The van der Waals surface area contributed by atoms with Crippen molar-refractivity contribution in [1.29, 1.82) is 0 Å². The summed E-state index contributed by atoms with van der Waals surface area (Å²) in [6, 6.07) is 0.689. The highest BCUT2D eigenvalue weighted by Crippen LogP contribution is 2.38. The zero-order valence-corrected chi connectivity index (χ0v) is 6.06. The summed E-state index contributed by atoms with van der Waals surface area (Å²) in [5.74, 6) is -2.08. The lowest BCUT2D eigenvalue weighted by atomic mass is 10.2. The quantitative estimate of drug-likeness (QED) is 0.415. The Kier molecular flexibility index (Phi) is 1.78. The molecule has 60 valence electrons. The number of benzene rings is 1. The maximum absolute atomic E-state index is 12.5. The van der Waals surface area contributed by atoms with Crippen LogP contribution in [0.2, 0.25) is 5.02 Å². The van der Waals surface area contributed by atoms with Crippen molar-refractivity contribution in [2.24, 2.45) is 0 Å². The smallest absolute Gasteiger partial charge is 0.182 e. The average Bonchev–Trinajstić information content (AvgIpc) is 1.97. The van der Waals surface area contributed by atoms with Crippen LogP contribution in [0.1, 0.15) is 0 Å². The Morgan fingerprint density at radius 1 is 1.45 bits per heavy atom. The second-order valence-corrected chi connectivity index (χ2v) is 2.33. The van der Waals surface area contributed by atoms with Gasteiger partial charge in [-0.15, -0.1) is 0 Å². The zero-order chi connectivity index (χ0) is 8.59. The first kappa shape index (κ1) is 7.94. The number of hydrogen-bond donors (Lipinski definition) is 3. The maximum atomic E-state index is 12.5. The number of phenolic OH excluding ortho intramolecular Hbond substituents is 2. The van der Waals surface area contributed by atoms with Crippen LogP contribution in [0.3, 0.4) is 0 Å². The molecular formula is C6H5ClFNO2. The average molecular weight is 178 g/mol. The number of hydrogen-bond acceptors (Lipinski definition) is 3. The Hall–Kier alpha value is -1.16. The largest absolute Gasteiger partial charge is 0.504 e. The van der Waals surface area contributed by atoms with Crippen molar-refractivity contribution in [2.45, 2.75) is 0 Å². The molecular weight excluding hydrogens is 173 g/mol. The fourth-order valence-electron chi connectivity index (χ4n) is 0.622. The molecule has 11 heavy (non-hydrogen) atoms. The van der Waals surface area contributed by atoms with Gasteiger partial charge in [-0.25, -0.2) is 4.39 Å². The van der Waals surface area contributed by atoms with Crippen molar-refractivity contribution >= 4 is 17.3 Å². The minimum Gasteiger partial charge on any atom is -0.504 e. The zero-order valence-electron chi connectivity index (χ0n) is 5.31. The second kappa shape index (κ2) is 2.47. The van der Waals surface area contributed by atoms with E-state index in [-0.39, 0.29) is 10.7 Å². The SMILES string of the molecule is Nc1c(O)c(O)cc(F)c1Cl. The summed E-state index contributed by atoms with van der Waals surface area (Å²) in [5, 5.41) is 17.3. The molecule has 0 unspecified atom stereocenters. The minimum atomic E-state index is -0.862. The molecule has 0 amide bonds. The third-order valence-electron chi connectivity index (χ3n) is 1.21. The molecule has 0 aliphatic heterocycles. The fraction of sp³-hybridized carbons (Fsp3) is 0. The van der Waals surface area contributed by atoms with Crippen molar-refractivity contribution in [1.82, 2.24) is 0 Å². The van der Waals surface area contributed by atoms with Gasteiger partial charge in [0.1, 0.15) is 10.8 Å². The summed E-state index contributed by atoms with van der Waals surface area (Å²) < 4.78 is 12.5. The molecule has 1 aromatic carbocycles. The molecule has 0 saturated carbocycles. The van der Waals surface area contributed by atoms with Gasteiger partial charge in [0, 0.05) is 6.07 Å². The molecule has 5 heteroatoms. The molecule has 0 radical (unpaired) electrons. The topological polar surface area (TPSA) is 66.5 Å². The second-order valence-electron chi connectivity index (χ2n) is 1.95. The van der Waals surface area contributed by atoms with E-state index in [0.29, 0.717) is 6.07 Å².